The van der Waals surface area contributed by atoms with Crippen LogP contribution in [0.2, 0.25) is 0 Å². The van der Waals surface area contributed by atoms with Gasteiger partial charge in [0.05, 0.1) is 10.9 Å². The molecule has 2 N–H and O–H groups in total. The second kappa shape index (κ2) is 8.95. The van der Waals surface area contributed by atoms with E-state index < -0.39 is 0 Å². The molecule has 154 valence electrons. The molecular weight excluding hydrogens is 376 g/mol. The molecule has 6 heteroatoms. The number of hydrogen-bond acceptors (Lipinski definition) is 3. The lowest BCUT2D eigenvalue weighted by Crippen LogP contribution is -2.27. The van der Waals surface area contributed by atoms with Gasteiger partial charge in [-0.15, -0.1) is 0 Å². The number of hydrogen-bond donors (Lipinski definition) is 2. The van der Waals surface area contributed by atoms with Crippen LogP contribution in [0.15, 0.2) is 59.4 Å². The molecule has 0 bridgehead atoms. The summed E-state index contributed by atoms with van der Waals surface area (Å²) in [5.74, 6) is 0.0595. The molecule has 30 heavy (non-hydrogen) atoms. The molecule has 0 fully saturated rings. The van der Waals surface area contributed by atoms with Crippen LogP contribution >= 0.6 is 0 Å². The van der Waals surface area contributed by atoms with Crippen LogP contribution in [0, 0.1) is 6.92 Å². The van der Waals surface area contributed by atoms with Gasteiger partial charge in [-0.3, -0.25) is 14.7 Å². The number of rotatable bonds is 8. The van der Waals surface area contributed by atoms with Crippen molar-refractivity contribution in [1.29, 1.82) is 0 Å². The van der Waals surface area contributed by atoms with Gasteiger partial charge in [-0.2, -0.15) is 5.10 Å². The first kappa shape index (κ1) is 19.9. The topological polar surface area (TPSA) is 79.8 Å². The number of carbonyl (C=O) groups excluding carboxylic acids is 1. The summed E-state index contributed by atoms with van der Waals surface area (Å²) in [6.45, 7) is 2.96. The smallest absolute Gasteiger partial charge is 0.262 e. The number of aromatic nitrogens is 3. The number of nitrogens with one attached hydrogen (secondary N) is 2. The molecule has 0 spiro atoms. The lowest BCUT2D eigenvalue weighted by molar-refractivity contribution is -0.121. The third kappa shape index (κ3) is 4.13. The average Bonchev–Trinajstić information content (AvgIpc) is 3.16. The van der Waals surface area contributed by atoms with Gasteiger partial charge in [0.25, 0.3) is 5.56 Å². The van der Waals surface area contributed by atoms with Crippen LogP contribution in [0.1, 0.15) is 30.5 Å². The summed E-state index contributed by atoms with van der Waals surface area (Å²) >= 11 is 0. The molecule has 6 nitrogen and oxygen atoms in total. The molecule has 0 atom stereocenters. The van der Waals surface area contributed by atoms with Crippen LogP contribution < -0.4 is 10.9 Å². The zero-order chi connectivity index (χ0) is 20.9. The van der Waals surface area contributed by atoms with Gasteiger partial charge in [-0.1, -0.05) is 48.5 Å². The van der Waals surface area contributed by atoms with Crippen LogP contribution in [0.25, 0.3) is 21.8 Å². The largest absolute Gasteiger partial charge is 0.356 e. The highest BCUT2D eigenvalue weighted by Crippen LogP contribution is 2.22. The first-order valence-corrected chi connectivity index (χ1v) is 10.4. The Kier molecular flexibility index (Phi) is 5.93. The number of H-pyrrole nitrogens is 1. The Hall–Kier alpha value is -3.41. The fourth-order valence-electron chi connectivity index (χ4n) is 3.91. The van der Waals surface area contributed by atoms with Crippen molar-refractivity contribution in [2.24, 2.45) is 0 Å². The minimum Gasteiger partial charge on any atom is -0.356 e. The Bertz CT molecular complexity index is 1220. The highest BCUT2D eigenvalue weighted by atomic mass is 16.1. The second-order valence-corrected chi connectivity index (χ2v) is 7.59. The first-order valence-electron chi connectivity index (χ1n) is 10.4. The number of amides is 1. The summed E-state index contributed by atoms with van der Waals surface area (Å²) in [7, 11) is 0. The predicted octanol–water partition coefficient (Wildman–Crippen LogP) is 3.72. The fraction of sp³-hybridized carbons (Fsp3) is 0.292. The van der Waals surface area contributed by atoms with Crippen LogP contribution in [-0.4, -0.2) is 27.2 Å². The Morgan fingerprint density at radius 2 is 1.83 bits per heavy atom. The van der Waals surface area contributed by atoms with Gasteiger partial charge in [-0.05, 0) is 37.8 Å². The molecule has 2 aromatic carbocycles. The van der Waals surface area contributed by atoms with Gasteiger partial charge in [0, 0.05) is 30.6 Å². The van der Waals surface area contributed by atoms with E-state index in [1.54, 1.807) is 4.57 Å². The van der Waals surface area contributed by atoms with Gasteiger partial charge in [-0.25, -0.2) is 0 Å². The van der Waals surface area contributed by atoms with E-state index in [0.29, 0.717) is 31.3 Å². The van der Waals surface area contributed by atoms with Crippen LogP contribution in [0.4, 0.5) is 0 Å². The molecule has 2 heterocycles. The van der Waals surface area contributed by atoms with Gasteiger partial charge >= 0.3 is 0 Å². The van der Waals surface area contributed by atoms with Crippen molar-refractivity contribution in [3.63, 3.8) is 0 Å². The summed E-state index contributed by atoms with van der Waals surface area (Å²) in [4.78, 5) is 25.2. The molecule has 0 aliphatic carbocycles. The lowest BCUT2D eigenvalue weighted by atomic mass is 10.1. The molecular formula is C24H26N4O2. The number of aromatic amines is 1. The molecule has 0 unspecified atom stereocenters. The van der Waals surface area contributed by atoms with Gasteiger partial charge < -0.3 is 9.88 Å². The summed E-state index contributed by atoms with van der Waals surface area (Å²) in [6, 6.07) is 18.0. The standard InChI is InChI=1S/C24H26N4O2/c1-17-22-23(27-26-17)19-12-5-6-13-20(19)28(24(22)30)16-8-15-25-21(29)14-7-11-18-9-3-2-4-10-18/h2-6,9-10,12-13H,7-8,11,14-16H2,1H3,(H,25,29)(H,26,27). The van der Waals surface area contributed by atoms with Crippen molar-refractivity contribution < 1.29 is 4.79 Å². The Morgan fingerprint density at radius 3 is 2.67 bits per heavy atom. The Labute approximate surface area is 174 Å². The van der Waals surface area contributed by atoms with E-state index in [4.69, 9.17) is 0 Å². The molecule has 0 saturated carbocycles. The maximum Gasteiger partial charge on any atom is 0.262 e. The normalized spacial score (nSPS) is 11.2. The number of carbonyl (C=O) groups is 1. The lowest BCUT2D eigenvalue weighted by Gasteiger charge is -2.12. The van der Waals surface area contributed by atoms with E-state index in [1.165, 1.54) is 5.56 Å². The van der Waals surface area contributed by atoms with Crippen LogP contribution in [-0.2, 0) is 17.8 Å². The molecule has 4 rings (SSSR count). The van der Waals surface area contributed by atoms with E-state index in [1.807, 2.05) is 49.4 Å². The predicted molar refractivity (Wildman–Crippen MR) is 120 cm³/mol. The molecule has 4 aromatic rings. The van der Waals surface area contributed by atoms with E-state index >= 15 is 0 Å². The number of para-hydroxylation sites is 1. The minimum atomic E-state index is -0.0378. The fourth-order valence-corrected chi connectivity index (χ4v) is 3.91. The number of aryl methyl sites for hydroxylation is 3. The molecule has 1 amide bonds. The third-order valence-electron chi connectivity index (χ3n) is 5.45. The Balaban J connectivity index is 1.36. The van der Waals surface area contributed by atoms with E-state index in [9.17, 15) is 9.59 Å². The number of fused-ring (bicyclic) bond motifs is 3. The number of nitrogens with zero attached hydrogens (tertiary/aromatic N) is 2. The summed E-state index contributed by atoms with van der Waals surface area (Å²) in [5, 5.41) is 11.8. The van der Waals surface area contributed by atoms with Gasteiger partial charge in [0.15, 0.2) is 0 Å². The summed E-state index contributed by atoms with van der Waals surface area (Å²) < 4.78 is 1.79. The quantitative estimate of drug-likeness (QED) is 0.441. The molecule has 0 aliphatic rings. The summed E-state index contributed by atoms with van der Waals surface area (Å²) in [5.41, 5.74) is 3.58. The van der Waals surface area contributed by atoms with Crippen molar-refractivity contribution in [3.8, 4) is 0 Å². The van der Waals surface area contributed by atoms with Crippen molar-refractivity contribution in [2.75, 3.05) is 6.54 Å². The van der Waals surface area contributed by atoms with E-state index in [0.717, 1.165) is 35.0 Å². The van der Waals surface area contributed by atoms with E-state index in [2.05, 4.69) is 27.6 Å². The Morgan fingerprint density at radius 1 is 1.07 bits per heavy atom. The van der Waals surface area contributed by atoms with Crippen molar-refractivity contribution in [1.82, 2.24) is 20.1 Å². The van der Waals surface area contributed by atoms with Gasteiger partial charge in [0.2, 0.25) is 5.91 Å². The van der Waals surface area contributed by atoms with Crippen molar-refractivity contribution in [2.45, 2.75) is 39.2 Å². The minimum absolute atomic E-state index is 0.0378. The monoisotopic (exact) mass is 402 g/mol. The highest BCUT2D eigenvalue weighted by molar-refractivity contribution is 6.03. The van der Waals surface area contributed by atoms with Crippen LogP contribution in [0.5, 0.6) is 0 Å². The second-order valence-electron chi connectivity index (χ2n) is 7.59. The van der Waals surface area contributed by atoms with Gasteiger partial charge in [0.1, 0.15) is 5.52 Å². The van der Waals surface area contributed by atoms with Crippen LogP contribution in [0.3, 0.4) is 0 Å². The van der Waals surface area contributed by atoms with Crippen molar-refractivity contribution >= 4 is 27.7 Å². The molecule has 0 aliphatic heterocycles. The summed E-state index contributed by atoms with van der Waals surface area (Å²) in [6.07, 6.45) is 2.94. The maximum absolute atomic E-state index is 13.0. The molecule has 0 saturated heterocycles. The third-order valence-corrected chi connectivity index (χ3v) is 5.45. The molecule has 2 aromatic heterocycles. The van der Waals surface area contributed by atoms with E-state index in [-0.39, 0.29) is 11.5 Å². The zero-order valence-electron chi connectivity index (χ0n) is 17.1. The zero-order valence-corrected chi connectivity index (χ0v) is 17.1. The number of benzene rings is 2. The SMILES string of the molecule is Cc1[nH]nc2c1c(=O)n(CCCNC(=O)CCCc1ccccc1)c1ccccc21. The maximum atomic E-state index is 13.0. The average molecular weight is 402 g/mol. The van der Waals surface area contributed by atoms with Crippen molar-refractivity contribution in [3.05, 3.63) is 76.2 Å². The first-order chi connectivity index (χ1) is 14.6. The number of pyridine rings is 1. The highest BCUT2D eigenvalue weighted by Gasteiger charge is 2.14. The molecule has 0 radical (unpaired) electrons.